The van der Waals surface area contributed by atoms with Gasteiger partial charge in [0, 0.05) is 25.2 Å². The van der Waals surface area contributed by atoms with Crippen LogP contribution in [0.1, 0.15) is 72.0 Å². The van der Waals surface area contributed by atoms with E-state index in [0.717, 1.165) is 31.2 Å². The molecule has 4 saturated heterocycles. The monoisotopic (exact) mass is 446 g/mol. The maximum absolute atomic E-state index is 11.2. The number of carbonyl (C=O) groups excluding carboxylic acids is 1. The molecule has 1 aliphatic carbocycles. The van der Waals surface area contributed by atoms with Crippen molar-refractivity contribution in [2.45, 2.75) is 90.4 Å². The van der Waals surface area contributed by atoms with Gasteiger partial charge in [-0.05, 0) is 62.6 Å². The van der Waals surface area contributed by atoms with E-state index in [1.54, 1.807) is 12.1 Å². The Morgan fingerprint density at radius 1 is 1.09 bits per heavy atom. The molecule has 2 bridgehead atoms. The van der Waals surface area contributed by atoms with Crippen molar-refractivity contribution in [2.75, 3.05) is 0 Å². The van der Waals surface area contributed by atoms with E-state index >= 15 is 0 Å². The van der Waals surface area contributed by atoms with Gasteiger partial charge in [-0.2, -0.15) is 0 Å². The van der Waals surface area contributed by atoms with Crippen molar-refractivity contribution in [3.8, 4) is 5.75 Å². The van der Waals surface area contributed by atoms with Crippen molar-refractivity contribution in [3.05, 3.63) is 29.8 Å². The van der Waals surface area contributed by atoms with Gasteiger partial charge in [0.05, 0.1) is 6.10 Å². The van der Waals surface area contributed by atoms with E-state index in [9.17, 15) is 4.79 Å². The lowest BCUT2D eigenvalue weighted by molar-refractivity contribution is -0.578. The molecule has 1 aromatic carbocycles. The van der Waals surface area contributed by atoms with Crippen LogP contribution < -0.4 is 4.74 Å². The molecule has 32 heavy (non-hydrogen) atoms. The number of rotatable bonds is 4. The molecule has 7 nitrogen and oxygen atoms in total. The quantitative estimate of drug-likeness (QED) is 0.370. The van der Waals surface area contributed by atoms with Crippen LogP contribution in [0.15, 0.2) is 24.3 Å². The Bertz CT molecular complexity index is 856. The summed E-state index contributed by atoms with van der Waals surface area (Å²) in [5, 5.41) is 0. The Labute approximate surface area is 189 Å². The van der Waals surface area contributed by atoms with Crippen LogP contribution in [0.2, 0.25) is 0 Å². The standard InChI is InChI=1S/C25H34O7/c1-14-6-11-21-15(2)22(27-16(3)18-7-9-19(10-8-18)28-17(4)26)29-23-25(21)20(14)12-13-24(5,30-23)31-32-25/h7-10,14-16,20-23H,6,11-13H2,1-5H3/t14-,15-,16-,20+,21+,22+,23-,24-,25-/m1/s1. The summed E-state index contributed by atoms with van der Waals surface area (Å²) in [6.45, 7) is 9.83. The molecule has 9 atom stereocenters. The lowest BCUT2D eigenvalue weighted by Crippen LogP contribution is -2.70. The highest BCUT2D eigenvalue weighted by molar-refractivity contribution is 5.69. The van der Waals surface area contributed by atoms with Crippen molar-refractivity contribution in [1.82, 2.24) is 0 Å². The Kier molecular flexibility index (Phi) is 5.62. The van der Waals surface area contributed by atoms with Crippen molar-refractivity contribution < 1.29 is 33.5 Å². The molecule has 0 N–H and O–H groups in total. The number of ether oxygens (including phenoxy) is 4. The summed E-state index contributed by atoms with van der Waals surface area (Å²) in [6.07, 6.45) is 2.87. The second-order valence-electron chi connectivity index (χ2n) is 10.2. The molecule has 1 aromatic rings. The molecule has 4 aliphatic heterocycles. The molecule has 4 heterocycles. The van der Waals surface area contributed by atoms with Crippen LogP contribution in [0.4, 0.5) is 0 Å². The van der Waals surface area contributed by atoms with Crippen LogP contribution in [-0.2, 0) is 28.8 Å². The fraction of sp³-hybridized carbons (Fsp3) is 0.720. The zero-order chi connectivity index (χ0) is 22.7. The molecule has 0 aromatic heterocycles. The Balaban J connectivity index is 1.37. The van der Waals surface area contributed by atoms with Gasteiger partial charge in [-0.1, -0.05) is 26.0 Å². The molecule has 6 rings (SSSR count). The minimum absolute atomic E-state index is 0.124. The van der Waals surface area contributed by atoms with E-state index < -0.39 is 24.0 Å². The number of fused-ring (bicyclic) bond motifs is 2. The molecule has 0 amide bonds. The van der Waals surface area contributed by atoms with Crippen molar-refractivity contribution in [1.29, 1.82) is 0 Å². The zero-order valence-corrected chi connectivity index (χ0v) is 19.5. The molecular weight excluding hydrogens is 412 g/mol. The summed E-state index contributed by atoms with van der Waals surface area (Å²) < 4.78 is 24.5. The predicted molar refractivity (Wildman–Crippen MR) is 114 cm³/mol. The predicted octanol–water partition coefficient (Wildman–Crippen LogP) is 4.90. The van der Waals surface area contributed by atoms with Crippen molar-refractivity contribution >= 4 is 5.97 Å². The van der Waals surface area contributed by atoms with E-state index in [1.807, 2.05) is 26.0 Å². The highest BCUT2D eigenvalue weighted by atomic mass is 17.3. The topological polar surface area (TPSA) is 72.5 Å². The second kappa shape index (κ2) is 8.06. The average Bonchev–Trinajstić information content (AvgIpc) is 2.98. The fourth-order valence-electron chi connectivity index (χ4n) is 6.28. The highest BCUT2D eigenvalue weighted by Crippen LogP contribution is 2.60. The summed E-state index contributed by atoms with van der Waals surface area (Å²) in [4.78, 5) is 23.2. The van der Waals surface area contributed by atoms with Gasteiger partial charge in [-0.3, -0.25) is 4.79 Å². The van der Waals surface area contributed by atoms with Crippen LogP contribution in [0.3, 0.4) is 0 Å². The molecule has 5 aliphatic rings. The minimum Gasteiger partial charge on any atom is -0.427 e. The lowest BCUT2D eigenvalue weighted by Gasteiger charge is -2.60. The largest absolute Gasteiger partial charge is 0.427 e. The van der Waals surface area contributed by atoms with E-state index in [2.05, 4.69) is 13.8 Å². The number of carbonyl (C=O) groups is 1. The van der Waals surface area contributed by atoms with Gasteiger partial charge in [0.15, 0.2) is 18.2 Å². The number of esters is 1. The first kappa shape index (κ1) is 22.3. The first-order valence-electron chi connectivity index (χ1n) is 11.9. The zero-order valence-electron chi connectivity index (χ0n) is 19.5. The maximum atomic E-state index is 11.2. The fourth-order valence-corrected chi connectivity index (χ4v) is 6.28. The van der Waals surface area contributed by atoms with Crippen LogP contribution in [0.25, 0.3) is 0 Å². The Morgan fingerprint density at radius 2 is 1.84 bits per heavy atom. The first-order chi connectivity index (χ1) is 15.2. The smallest absolute Gasteiger partial charge is 0.308 e. The summed E-state index contributed by atoms with van der Waals surface area (Å²) in [5.41, 5.74) is 0.406. The van der Waals surface area contributed by atoms with Crippen LogP contribution in [0.5, 0.6) is 5.75 Å². The summed E-state index contributed by atoms with van der Waals surface area (Å²) in [7, 11) is 0. The van der Waals surface area contributed by atoms with E-state index in [0.29, 0.717) is 17.6 Å². The molecule has 1 spiro atoms. The highest BCUT2D eigenvalue weighted by Gasteiger charge is 2.69. The van der Waals surface area contributed by atoms with Gasteiger partial charge >= 0.3 is 5.97 Å². The SMILES string of the molecule is CC(=O)Oc1ccc([C@@H](C)O[C@H]2O[C@@H]3O[C@@]4(C)CC[C@H]5[C@H](C)CC[C@@H]([C@H]2C)[C@@]35OO4)cc1. The molecule has 5 fully saturated rings. The Morgan fingerprint density at radius 3 is 2.56 bits per heavy atom. The van der Waals surface area contributed by atoms with Gasteiger partial charge < -0.3 is 18.9 Å². The van der Waals surface area contributed by atoms with Crippen LogP contribution in [-0.4, -0.2) is 29.9 Å². The number of benzene rings is 1. The number of hydrogen-bond donors (Lipinski definition) is 0. The molecule has 7 heteroatoms. The third kappa shape index (κ3) is 3.59. The maximum Gasteiger partial charge on any atom is 0.308 e. The Hall–Kier alpha value is -1.51. The molecular formula is C25H34O7. The molecule has 176 valence electrons. The van der Waals surface area contributed by atoms with E-state index in [1.165, 1.54) is 6.92 Å². The third-order valence-corrected chi connectivity index (χ3v) is 8.05. The molecule has 1 saturated carbocycles. The normalized spacial score (nSPS) is 43.8. The summed E-state index contributed by atoms with van der Waals surface area (Å²) in [6, 6.07) is 7.39. The van der Waals surface area contributed by atoms with Gasteiger partial charge in [0.2, 0.25) is 5.79 Å². The summed E-state index contributed by atoms with van der Waals surface area (Å²) >= 11 is 0. The van der Waals surface area contributed by atoms with E-state index in [-0.39, 0.29) is 23.9 Å². The van der Waals surface area contributed by atoms with Gasteiger partial charge in [-0.15, -0.1) is 0 Å². The first-order valence-corrected chi connectivity index (χ1v) is 11.9. The number of hydrogen-bond acceptors (Lipinski definition) is 7. The van der Waals surface area contributed by atoms with Crippen molar-refractivity contribution in [3.63, 3.8) is 0 Å². The minimum atomic E-state index is -0.791. The molecule has 0 radical (unpaired) electrons. The van der Waals surface area contributed by atoms with Crippen LogP contribution in [0, 0.1) is 23.7 Å². The van der Waals surface area contributed by atoms with Gasteiger partial charge in [0.1, 0.15) is 5.75 Å². The second-order valence-corrected chi connectivity index (χ2v) is 10.2. The lowest BCUT2D eigenvalue weighted by atomic mass is 9.58. The van der Waals surface area contributed by atoms with Gasteiger partial charge in [-0.25, -0.2) is 9.78 Å². The third-order valence-electron chi connectivity index (χ3n) is 8.05. The summed E-state index contributed by atoms with van der Waals surface area (Å²) in [5.74, 6) is 0.620. The van der Waals surface area contributed by atoms with Crippen LogP contribution >= 0.6 is 0 Å². The molecule has 0 unspecified atom stereocenters. The van der Waals surface area contributed by atoms with E-state index in [4.69, 9.17) is 28.7 Å². The average molecular weight is 447 g/mol. The van der Waals surface area contributed by atoms with Crippen molar-refractivity contribution in [2.24, 2.45) is 23.7 Å². The van der Waals surface area contributed by atoms with Gasteiger partial charge in [0.25, 0.3) is 0 Å².